The molecule has 1 aliphatic rings. The number of nitrogens with zero attached hydrogens (tertiary/aromatic N) is 4. The highest BCUT2D eigenvalue weighted by atomic mass is 35.5. The van der Waals surface area contributed by atoms with Gasteiger partial charge in [0.15, 0.2) is 11.6 Å². The van der Waals surface area contributed by atoms with Crippen LogP contribution in [0.1, 0.15) is 10.4 Å². The van der Waals surface area contributed by atoms with Gasteiger partial charge in [-0.05, 0) is 61.6 Å². The fraction of sp³-hybridized carbons (Fsp3) is 0.179. The van der Waals surface area contributed by atoms with Crippen LogP contribution in [0.5, 0.6) is 0 Å². The first kappa shape index (κ1) is 25.4. The van der Waals surface area contributed by atoms with E-state index in [1.54, 1.807) is 42.5 Å². The number of nitrogens with one attached hydrogen (secondary N) is 3. The minimum atomic E-state index is -0.612. The van der Waals surface area contributed by atoms with Crippen LogP contribution >= 0.6 is 11.6 Å². The molecule has 38 heavy (non-hydrogen) atoms. The molecule has 1 fully saturated rings. The summed E-state index contributed by atoms with van der Waals surface area (Å²) in [6, 6.07) is 21.8. The van der Waals surface area contributed by atoms with Gasteiger partial charge in [-0.3, -0.25) is 4.79 Å². The summed E-state index contributed by atoms with van der Waals surface area (Å²) in [5.41, 5.74) is 3.42. The normalized spacial score (nSPS) is 13.7. The maximum atomic E-state index is 14.5. The van der Waals surface area contributed by atoms with Gasteiger partial charge < -0.3 is 25.8 Å². The van der Waals surface area contributed by atoms with Crippen molar-refractivity contribution in [2.75, 3.05) is 54.1 Å². The van der Waals surface area contributed by atoms with Crippen molar-refractivity contribution >= 4 is 52.0 Å². The summed E-state index contributed by atoms with van der Waals surface area (Å²) in [6.45, 7) is 4.05. The fourth-order valence-corrected chi connectivity index (χ4v) is 4.31. The van der Waals surface area contributed by atoms with Gasteiger partial charge in [0, 0.05) is 48.8 Å². The van der Waals surface area contributed by atoms with E-state index < -0.39 is 5.82 Å². The number of aromatic nitrogens is 2. The number of anilines is 6. The van der Waals surface area contributed by atoms with Crippen LogP contribution in [0.2, 0.25) is 5.02 Å². The number of carbonyl (C=O) groups is 1. The molecule has 10 heteroatoms. The zero-order valence-electron chi connectivity index (χ0n) is 20.8. The van der Waals surface area contributed by atoms with E-state index in [9.17, 15) is 9.18 Å². The summed E-state index contributed by atoms with van der Waals surface area (Å²) < 4.78 is 14.5. The fourth-order valence-electron chi connectivity index (χ4n) is 4.08. The Kier molecular flexibility index (Phi) is 7.67. The topological polar surface area (TPSA) is 85.4 Å². The number of likely N-dealkylation sites (N-methyl/N-ethyl adjacent to an activating group) is 1. The minimum Gasteiger partial charge on any atom is -0.369 e. The van der Waals surface area contributed by atoms with E-state index in [4.69, 9.17) is 11.6 Å². The van der Waals surface area contributed by atoms with Crippen LogP contribution in [0.15, 0.2) is 79.0 Å². The molecule has 1 amide bonds. The third kappa shape index (κ3) is 6.19. The molecule has 0 spiro atoms. The van der Waals surface area contributed by atoms with Crippen LogP contribution < -0.4 is 20.9 Å². The number of hydrogen-bond acceptors (Lipinski definition) is 7. The number of benzene rings is 3. The molecule has 3 aromatic carbocycles. The Hall–Kier alpha value is -4.21. The lowest BCUT2D eigenvalue weighted by Crippen LogP contribution is -2.44. The summed E-state index contributed by atoms with van der Waals surface area (Å²) in [6.07, 6.45) is 1.10. The van der Waals surface area contributed by atoms with Gasteiger partial charge in [0.25, 0.3) is 5.91 Å². The molecule has 0 saturated carbocycles. The SMILES string of the molecule is CN1CCN(c2ccc(Nc3ncc(F)c(Nc4ccc(NC(=O)c5ccccc5)c(Cl)c4)n3)cc2)CC1. The molecule has 1 saturated heterocycles. The first-order chi connectivity index (χ1) is 18.4. The van der Waals surface area contributed by atoms with Crippen molar-refractivity contribution in [3.8, 4) is 0 Å². The molecule has 5 rings (SSSR count). The Labute approximate surface area is 225 Å². The lowest BCUT2D eigenvalue weighted by atomic mass is 10.2. The second-order valence-corrected chi connectivity index (χ2v) is 9.40. The van der Waals surface area contributed by atoms with Crippen molar-refractivity contribution < 1.29 is 9.18 Å². The van der Waals surface area contributed by atoms with Gasteiger partial charge in [-0.25, -0.2) is 9.37 Å². The maximum absolute atomic E-state index is 14.5. The second-order valence-electron chi connectivity index (χ2n) is 8.99. The van der Waals surface area contributed by atoms with Gasteiger partial charge in [-0.15, -0.1) is 0 Å². The molecule has 8 nitrogen and oxygen atoms in total. The molecule has 3 N–H and O–H groups in total. The summed E-state index contributed by atoms with van der Waals surface area (Å²) in [4.78, 5) is 25.4. The second kappa shape index (κ2) is 11.5. The van der Waals surface area contributed by atoms with E-state index in [2.05, 4.69) is 54.9 Å². The molecular formula is C28H27ClFN7O. The Bertz CT molecular complexity index is 1410. The van der Waals surface area contributed by atoms with Crippen LogP contribution in [-0.2, 0) is 0 Å². The quantitative estimate of drug-likeness (QED) is 0.279. The molecule has 1 aliphatic heterocycles. The summed E-state index contributed by atoms with van der Waals surface area (Å²) in [7, 11) is 2.13. The third-order valence-corrected chi connectivity index (χ3v) is 6.56. The van der Waals surface area contributed by atoms with Crippen LogP contribution in [0, 0.1) is 5.82 Å². The average Bonchev–Trinajstić information content (AvgIpc) is 2.93. The average molecular weight is 532 g/mol. The molecule has 0 aliphatic carbocycles. The van der Waals surface area contributed by atoms with Gasteiger partial charge in [0.1, 0.15) is 0 Å². The van der Waals surface area contributed by atoms with E-state index >= 15 is 0 Å². The van der Waals surface area contributed by atoms with E-state index in [0.29, 0.717) is 22.0 Å². The predicted octanol–water partition coefficient (Wildman–Crippen LogP) is 5.76. The molecule has 0 bridgehead atoms. The van der Waals surface area contributed by atoms with Crippen molar-refractivity contribution in [1.82, 2.24) is 14.9 Å². The molecule has 0 atom stereocenters. The largest absolute Gasteiger partial charge is 0.369 e. The number of halogens is 2. The first-order valence-corrected chi connectivity index (χ1v) is 12.6. The van der Waals surface area contributed by atoms with E-state index in [0.717, 1.165) is 43.8 Å². The van der Waals surface area contributed by atoms with Crippen LogP contribution in [-0.4, -0.2) is 54.0 Å². The number of piperazine rings is 1. The molecule has 0 unspecified atom stereocenters. The number of rotatable bonds is 7. The van der Waals surface area contributed by atoms with Gasteiger partial charge in [-0.2, -0.15) is 4.98 Å². The van der Waals surface area contributed by atoms with E-state index in [-0.39, 0.29) is 17.7 Å². The standard InChI is InChI=1S/C28H27ClFN7O/c1-36-13-15-37(16-14-36)22-10-7-20(8-11-22)33-28-31-18-24(30)26(35-28)32-21-9-12-25(23(29)17-21)34-27(38)19-5-3-2-4-6-19/h2-12,17-18H,13-16H2,1H3,(H,34,38)(H2,31,32,33,35). The molecule has 1 aromatic heterocycles. The lowest BCUT2D eigenvalue weighted by Gasteiger charge is -2.34. The first-order valence-electron chi connectivity index (χ1n) is 12.2. The number of carbonyl (C=O) groups excluding carboxylic acids is 1. The molecule has 194 valence electrons. The Balaban J connectivity index is 1.24. The highest BCUT2D eigenvalue weighted by molar-refractivity contribution is 6.34. The van der Waals surface area contributed by atoms with Gasteiger partial charge in [-0.1, -0.05) is 29.8 Å². The molecule has 0 radical (unpaired) electrons. The van der Waals surface area contributed by atoms with Gasteiger partial charge >= 0.3 is 0 Å². The highest BCUT2D eigenvalue weighted by Crippen LogP contribution is 2.29. The molecule has 4 aromatic rings. The smallest absolute Gasteiger partial charge is 0.255 e. The zero-order chi connectivity index (χ0) is 26.5. The van der Waals surface area contributed by atoms with Crippen molar-refractivity contribution in [2.24, 2.45) is 0 Å². The number of amides is 1. The molecule has 2 heterocycles. The summed E-state index contributed by atoms with van der Waals surface area (Å²) >= 11 is 6.38. The van der Waals surface area contributed by atoms with Crippen molar-refractivity contribution in [3.05, 3.63) is 95.4 Å². The maximum Gasteiger partial charge on any atom is 0.255 e. The van der Waals surface area contributed by atoms with Crippen LogP contribution in [0.3, 0.4) is 0 Å². The Morgan fingerprint density at radius 2 is 1.63 bits per heavy atom. The minimum absolute atomic E-state index is 0.00584. The Morgan fingerprint density at radius 1 is 0.921 bits per heavy atom. The van der Waals surface area contributed by atoms with E-state index in [1.807, 2.05) is 18.2 Å². The highest BCUT2D eigenvalue weighted by Gasteiger charge is 2.15. The van der Waals surface area contributed by atoms with Gasteiger partial charge in [0.2, 0.25) is 5.95 Å². The monoisotopic (exact) mass is 531 g/mol. The lowest BCUT2D eigenvalue weighted by molar-refractivity contribution is 0.102. The van der Waals surface area contributed by atoms with E-state index in [1.165, 1.54) is 0 Å². The van der Waals surface area contributed by atoms with Crippen molar-refractivity contribution in [3.63, 3.8) is 0 Å². The molecular weight excluding hydrogens is 505 g/mol. The third-order valence-electron chi connectivity index (χ3n) is 6.25. The summed E-state index contributed by atoms with van der Waals surface area (Å²) in [5, 5.41) is 9.13. The predicted molar refractivity (Wildman–Crippen MR) is 151 cm³/mol. The van der Waals surface area contributed by atoms with Crippen LogP contribution in [0.4, 0.5) is 38.9 Å². The van der Waals surface area contributed by atoms with Crippen molar-refractivity contribution in [1.29, 1.82) is 0 Å². The van der Waals surface area contributed by atoms with Crippen molar-refractivity contribution in [2.45, 2.75) is 0 Å². The van der Waals surface area contributed by atoms with Crippen LogP contribution in [0.25, 0.3) is 0 Å². The van der Waals surface area contributed by atoms with Gasteiger partial charge in [0.05, 0.1) is 16.9 Å². The Morgan fingerprint density at radius 3 is 2.34 bits per heavy atom. The zero-order valence-corrected chi connectivity index (χ0v) is 21.5. The number of hydrogen-bond donors (Lipinski definition) is 3. The summed E-state index contributed by atoms with van der Waals surface area (Å²) in [5.74, 6) is -0.645.